The van der Waals surface area contributed by atoms with Crippen molar-refractivity contribution in [2.45, 2.75) is 58.4 Å². The molecule has 2 atom stereocenters. The van der Waals surface area contributed by atoms with Crippen LogP contribution in [-0.2, 0) is 45.0 Å². The number of carbonyl (C=O) groups excluding carboxylic acids is 2. The second kappa shape index (κ2) is 19.3. The molecule has 1 aliphatic rings. The molecule has 14 nitrogen and oxygen atoms in total. The summed E-state index contributed by atoms with van der Waals surface area (Å²) < 4.78 is 27.5. The first kappa shape index (κ1) is 44.1. The predicted molar refractivity (Wildman–Crippen MR) is 235 cm³/mol. The standard InChI is InChI=1S/C24H25N3O6.C24H24N2O3/c1-16-14-19(31-3)11-10-17(16)15-25-21-13-12-20(27(29)30)22(26-21)33-24(2,23(28)32-4)18-8-6-5-7-9-18;1-16-13-20(28-3)11-9-18(16)15-25-22-12-10-17-14-21(27)24(2,29-23(17)26-22)19-7-5-4-6-8-19/h5-14H,15H2,1-4H3,(H,25,26);4-13H,14-15H2,1-3H3,(H,25,26)/t2*24-/m00/s1. The van der Waals surface area contributed by atoms with Crippen molar-refractivity contribution in [3.05, 3.63) is 170 Å². The van der Waals surface area contributed by atoms with Crippen LogP contribution in [0.3, 0.4) is 0 Å². The lowest BCUT2D eigenvalue weighted by molar-refractivity contribution is -0.386. The minimum Gasteiger partial charge on any atom is -0.497 e. The first-order chi connectivity index (χ1) is 29.8. The number of pyridine rings is 2. The van der Waals surface area contributed by atoms with E-state index in [1.54, 1.807) is 44.6 Å². The Labute approximate surface area is 360 Å². The fourth-order valence-electron chi connectivity index (χ4n) is 6.83. The monoisotopic (exact) mass is 839 g/mol. The second-order valence-electron chi connectivity index (χ2n) is 14.8. The van der Waals surface area contributed by atoms with Crippen LogP contribution >= 0.6 is 0 Å². The number of rotatable bonds is 14. The Bertz CT molecular complexity index is 2550. The maximum Gasteiger partial charge on any atom is 0.354 e. The molecular formula is C48H49N5O9. The van der Waals surface area contributed by atoms with Crippen LogP contribution in [0.25, 0.3) is 0 Å². The Kier molecular flexibility index (Phi) is 13.7. The Balaban J connectivity index is 0.000000208. The van der Waals surface area contributed by atoms with Crippen molar-refractivity contribution in [3.8, 4) is 23.3 Å². The minimum atomic E-state index is -1.64. The predicted octanol–water partition coefficient (Wildman–Crippen LogP) is 8.82. The number of ketones is 1. The fourth-order valence-corrected chi connectivity index (χ4v) is 6.83. The first-order valence-electron chi connectivity index (χ1n) is 19.8. The molecule has 0 fully saturated rings. The van der Waals surface area contributed by atoms with Crippen molar-refractivity contribution in [3.63, 3.8) is 0 Å². The lowest BCUT2D eigenvalue weighted by Crippen LogP contribution is -2.43. The maximum atomic E-state index is 12.8. The lowest BCUT2D eigenvalue weighted by atomic mass is 9.86. The molecule has 2 N–H and O–H groups in total. The van der Waals surface area contributed by atoms with E-state index in [2.05, 4.69) is 27.5 Å². The number of nitrogens with zero attached hydrogens (tertiary/aromatic N) is 3. The summed E-state index contributed by atoms with van der Waals surface area (Å²) in [4.78, 5) is 45.4. The molecule has 0 spiro atoms. The zero-order valence-corrected chi connectivity index (χ0v) is 35.7. The van der Waals surface area contributed by atoms with Gasteiger partial charge in [0.2, 0.25) is 11.5 Å². The normalized spacial score (nSPS) is 15.0. The zero-order valence-electron chi connectivity index (χ0n) is 35.7. The maximum absolute atomic E-state index is 12.8. The highest BCUT2D eigenvalue weighted by molar-refractivity contribution is 5.92. The molecule has 0 aliphatic carbocycles. The summed E-state index contributed by atoms with van der Waals surface area (Å²) in [7, 11) is 4.49. The SMILES string of the molecule is COC(=O)[C@@](C)(Oc1nc(NCc2ccc(OC)cc2C)ccc1[N+](=O)[O-])c1ccccc1.COc1ccc(CNc2ccc3c(n2)O[C@@](C)(c2ccccc2)C(=O)C3)c(C)c1. The average Bonchev–Trinajstić information content (AvgIpc) is 3.28. The van der Waals surface area contributed by atoms with Gasteiger partial charge in [-0.15, -0.1) is 0 Å². The molecule has 62 heavy (non-hydrogen) atoms. The molecule has 1 aliphatic heterocycles. The average molecular weight is 840 g/mol. The summed E-state index contributed by atoms with van der Waals surface area (Å²) in [6.45, 7) is 8.37. The topological polar surface area (TPSA) is 173 Å². The van der Waals surface area contributed by atoms with Gasteiger partial charge < -0.3 is 34.3 Å². The summed E-state index contributed by atoms with van der Waals surface area (Å²) >= 11 is 0. The van der Waals surface area contributed by atoms with Gasteiger partial charge in [-0.05, 0) is 92.4 Å². The third-order valence-corrected chi connectivity index (χ3v) is 10.7. The lowest BCUT2D eigenvalue weighted by Gasteiger charge is -2.34. The van der Waals surface area contributed by atoms with Gasteiger partial charge in [0.25, 0.3) is 5.88 Å². The third-order valence-electron chi connectivity index (χ3n) is 10.7. The van der Waals surface area contributed by atoms with Crippen LogP contribution < -0.4 is 29.6 Å². The number of nitrogens with one attached hydrogen (secondary N) is 2. The van der Waals surface area contributed by atoms with E-state index in [-0.39, 0.29) is 17.4 Å². The number of benzene rings is 4. The minimum absolute atomic E-state index is 0.0348. The molecule has 320 valence electrons. The van der Waals surface area contributed by atoms with Crippen molar-refractivity contribution >= 4 is 29.1 Å². The van der Waals surface area contributed by atoms with Gasteiger partial charge in [-0.3, -0.25) is 14.9 Å². The first-order valence-corrected chi connectivity index (χ1v) is 19.8. The molecule has 0 unspecified atom stereocenters. The van der Waals surface area contributed by atoms with Crippen molar-refractivity contribution < 1.29 is 38.2 Å². The van der Waals surface area contributed by atoms with Crippen molar-refractivity contribution in [1.29, 1.82) is 0 Å². The number of Topliss-reactive ketones (excluding diaryl/α,β-unsaturated/α-hetero) is 1. The molecular weight excluding hydrogens is 791 g/mol. The molecule has 0 saturated carbocycles. The van der Waals surface area contributed by atoms with Crippen molar-refractivity contribution in [2.24, 2.45) is 0 Å². The Morgan fingerprint density at radius 3 is 1.87 bits per heavy atom. The van der Waals surface area contributed by atoms with Crippen LogP contribution in [0.2, 0.25) is 0 Å². The largest absolute Gasteiger partial charge is 0.497 e. The number of nitro groups is 1. The molecule has 4 aromatic carbocycles. The van der Waals surface area contributed by atoms with E-state index in [9.17, 15) is 19.7 Å². The van der Waals surface area contributed by atoms with E-state index in [4.69, 9.17) is 23.7 Å². The van der Waals surface area contributed by atoms with Crippen molar-refractivity contribution in [2.75, 3.05) is 32.0 Å². The van der Waals surface area contributed by atoms with E-state index < -0.39 is 22.1 Å². The van der Waals surface area contributed by atoms with Crippen LogP contribution in [0.4, 0.5) is 17.3 Å². The molecule has 2 aromatic heterocycles. The van der Waals surface area contributed by atoms with Gasteiger partial charge in [-0.25, -0.2) is 4.79 Å². The molecule has 0 bridgehead atoms. The number of ether oxygens (including phenoxy) is 5. The van der Waals surface area contributed by atoms with Crippen LogP contribution in [0.5, 0.6) is 23.3 Å². The Morgan fingerprint density at radius 2 is 1.34 bits per heavy atom. The number of hydrogen-bond acceptors (Lipinski definition) is 13. The van der Waals surface area contributed by atoms with Gasteiger partial charge in [0.05, 0.1) is 26.3 Å². The van der Waals surface area contributed by atoms with Gasteiger partial charge >= 0.3 is 11.7 Å². The number of aryl methyl sites for hydroxylation is 2. The van der Waals surface area contributed by atoms with Crippen LogP contribution in [-0.4, -0.2) is 48.0 Å². The fraction of sp³-hybridized carbons (Fsp3) is 0.250. The zero-order chi connectivity index (χ0) is 44.4. The molecule has 0 amide bonds. The Hall–Kier alpha value is -7.48. The van der Waals surface area contributed by atoms with Crippen LogP contribution in [0, 0.1) is 24.0 Å². The number of esters is 1. The van der Waals surface area contributed by atoms with Gasteiger partial charge in [-0.2, -0.15) is 9.97 Å². The smallest absolute Gasteiger partial charge is 0.354 e. The number of methoxy groups -OCH3 is 3. The highest BCUT2D eigenvalue weighted by Crippen LogP contribution is 2.38. The van der Waals surface area contributed by atoms with Crippen LogP contribution in [0.15, 0.2) is 121 Å². The number of anilines is 2. The summed E-state index contributed by atoms with van der Waals surface area (Å²) in [5.41, 5.74) is 3.42. The molecule has 0 radical (unpaired) electrons. The van der Waals surface area contributed by atoms with Crippen molar-refractivity contribution in [1.82, 2.24) is 9.97 Å². The highest BCUT2D eigenvalue weighted by Gasteiger charge is 2.43. The second-order valence-corrected chi connectivity index (χ2v) is 14.8. The van der Waals surface area contributed by atoms with Gasteiger partial charge in [0.1, 0.15) is 23.1 Å². The number of aromatic nitrogens is 2. The number of fused-ring (bicyclic) bond motifs is 1. The number of hydrogen-bond donors (Lipinski definition) is 2. The van der Waals surface area contributed by atoms with E-state index in [0.717, 1.165) is 44.9 Å². The van der Waals surface area contributed by atoms with Gasteiger partial charge in [0, 0.05) is 42.3 Å². The highest BCUT2D eigenvalue weighted by atomic mass is 16.6. The van der Waals surface area contributed by atoms with E-state index in [1.165, 1.54) is 26.2 Å². The van der Waals surface area contributed by atoms with Gasteiger partial charge in [0.15, 0.2) is 11.4 Å². The van der Waals surface area contributed by atoms with Crippen LogP contribution in [0.1, 0.15) is 52.8 Å². The number of carbonyl (C=O) groups is 2. The molecule has 0 saturated heterocycles. The summed E-state index contributed by atoms with van der Waals surface area (Å²) in [5, 5.41) is 18.1. The molecule has 3 heterocycles. The summed E-state index contributed by atoms with van der Waals surface area (Å²) in [6, 6.07) is 36.4. The molecule has 14 heteroatoms. The Morgan fingerprint density at radius 1 is 0.790 bits per heavy atom. The van der Waals surface area contributed by atoms with E-state index in [1.807, 2.05) is 92.7 Å². The van der Waals surface area contributed by atoms with E-state index >= 15 is 0 Å². The van der Waals surface area contributed by atoms with Gasteiger partial charge in [-0.1, -0.05) is 72.8 Å². The molecule has 6 aromatic rings. The summed E-state index contributed by atoms with van der Waals surface area (Å²) in [6.07, 6.45) is 0.311. The quantitative estimate of drug-likeness (QED) is 0.0606. The molecule has 7 rings (SSSR count). The summed E-state index contributed by atoms with van der Waals surface area (Å²) in [5.74, 6) is 2.19. The van der Waals surface area contributed by atoms with E-state index in [0.29, 0.717) is 42.6 Å². The third kappa shape index (κ3) is 9.92.